The van der Waals surface area contributed by atoms with Gasteiger partial charge in [-0.25, -0.2) is 9.50 Å². The molecule has 0 bridgehead atoms. The summed E-state index contributed by atoms with van der Waals surface area (Å²) in [6.45, 7) is 9.63. The fourth-order valence-corrected chi connectivity index (χ4v) is 2.57. The number of fused-ring (bicyclic) bond motifs is 1. The van der Waals surface area contributed by atoms with Crippen LogP contribution in [0, 0.1) is 0 Å². The van der Waals surface area contributed by atoms with Gasteiger partial charge in [-0.3, -0.25) is 4.79 Å². The number of aromatic nitrogens is 3. The Bertz CT molecular complexity index is 656. The van der Waals surface area contributed by atoms with Crippen LogP contribution in [0.5, 0.6) is 0 Å². The van der Waals surface area contributed by atoms with Crippen LogP contribution in [0.3, 0.4) is 0 Å². The Morgan fingerprint density at radius 3 is 2.50 bits per heavy atom. The van der Waals surface area contributed by atoms with E-state index in [-0.39, 0.29) is 5.41 Å². The molecular weight excluding hydrogens is 274 g/mol. The molecule has 0 aliphatic heterocycles. The monoisotopic (exact) mass is 293 g/mol. The average molecular weight is 293 g/mol. The number of aliphatic carboxylic acids is 1. The normalized spacial score (nSPS) is 12.8. The predicted molar refractivity (Wildman–Crippen MR) is 79.3 cm³/mol. The van der Waals surface area contributed by atoms with Crippen LogP contribution in [0.2, 0.25) is 0 Å². The van der Waals surface area contributed by atoms with E-state index in [2.05, 4.69) is 30.9 Å². The lowest BCUT2D eigenvalue weighted by Crippen LogP contribution is -2.27. The van der Waals surface area contributed by atoms with Crippen molar-refractivity contribution in [1.82, 2.24) is 14.6 Å². The van der Waals surface area contributed by atoms with Gasteiger partial charge >= 0.3 is 5.97 Å². The molecule has 2 aromatic rings. The molecular formula is C14H19N3O2S. The lowest BCUT2D eigenvalue weighted by atomic mass is 9.92. The third-order valence-electron chi connectivity index (χ3n) is 2.99. The lowest BCUT2D eigenvalue weighted by Gasteiger charge is -2.17. The second kappa shape index (κ2) is 4.77. The molecule has 6 heteroatoms. The Morgan fingerprint density at radius 1 is 1.30 bits per heavy atom. The second-order valence-electron chi connectivity index (χ2n) is 6.26. The zero-order valence-electron chi connectivity index (χ0n) is 12.3. The molecule has 2 rings (SSSR count). The standard InChI is InChI=1S/C14H19N3O2S/c1-13(2,3)10-8-9-11(15-6-7-17(9)16-10)20-14(4,5)12(18)19/h6-8H,1-5H3,(H,18,19). The number of hydrogen-bond donors (Lipinski definition) is 1. The van der Waals surface area contributed by atoms with E-state index in [9.17, 15) is 9.90 Å². The highest BCUT2D eigenvalue weighted by Gasteiger charge is 2.30. The van der Waals surface area contributed by atoms with Crippen LogP contribution in [-0.4, -0.2) is 30.4 Å². The minimum absolute atomic E-state index is 0.0593. The zero-order valence-corrected chi connectivity index (χ0v) is 13.2. The van der Waals surface area contributed by atoms with E-state index in [1.54, 1.807) is 30.8 Å². The molecule has 0 atom stereocenters. The number of rotatable bonds is 3. The van der Waals surface area contributed by atoms with Crippen LogP contribution in [-0.2, 0) is 10.2 Å². The summed E-state index contributed by atoms with van der Waals surface area (Å²) in [5, 5.41) is 14.5. The quantitative estimate of drug-likeness (QED) is 0.881. The van der Waals surface area contributed by atoms with Gasteiger partial charge in [-0.2, -0.15) is 5.10 Å². The number of hydrogen-bond acceptors (Lipinski definition) is 4. The van der Waals surface area contributed by atoms with Crippen molar-refractivity contribution < 1.29 is 9.90 Å². The Kier molecular flexibility index (Phi) is 3.54. The molecule has 0 aliphatic rings. The van der Waals surface area contributed by atoms with E-state index in [0.717, 1.165) is 11.2 Å². The van der Waals surface area contributed by atoms with Crippen molar-refractivity contribution in [2.45, 2.75) is 49.8 Å². The lowest BCUT2D eigenvalue weighted by molar-refractivity contribution is -0.138. The largest absolute Gasteiger partial charge is 0.480 e. The van der Waals surface area contributed by atoms with Crippen LogP contribution in [0.1, 0.15) is 40.3 Å². The van der Waals surface area contributed by atoms with E-state index < -0.39 is 10.7 Å². The summed E-state index contributed by atoms with van der Waals surface area (Å²) in [5.74, 6) is -0.859. The summed E-state index contributed by atoms with van der Waals surface area (Å²) in [6.07, 6.45) is 3.43. The summed E-state index contributed by atoms with van der Waals surface area (Å²) in [5.41, 5.74) is 1.74. The van der Waals surface area contributed by atoms with Gasteiger partial charge < -0.3 is 5.11 Å². The van der Waals surface area contributed by atoms with Crippen LogP contribution < -0.4 is 0 Å². The molecule has 0 fully saturated rings. The van der Waals surface area contributed by atoms with Crippen molar-refractivity contribution in [3.8, 4) is 0 Å². The SMILES string of the molecule is CC(C)(Sc1nccn2nc(C(C)(C)C)cc12)C(=O)O. The highest BCUT2D eigenvalue weighted by molar-refractivity contribution is 8.01. The van der Waals surface area contributed by atoms with Crippen molar-refractivity contribution in [1.29, 1.82) is 0 Å². The van der Waals surface area contributed by atoms with Gasteiger partial charge in [-0.05, 0) is 19.9 Å². The van der Waals surface area contributed by atoms with Crippen LogP contribution >= 0.6 is 11.8 Å². The highest BCUT2D eigenvalue weighted by Crippen LogP contribution is 2.34. The molecule has 108 valence electrons. The smallest absolute Gasteiger partial charge is 0.319 e. The van der Waals surface area contributed by atoms with E-state index in [0.29, 0.717) is 5.03 Å². The van der Waals surface area contributed by atoms with Gasteiger partial charge in [0.25, 0.3) is 0 Å². The second-order valence-corrected chi connectivity index (χ2v) is 7.87. The molecule has 0 spiro atoms. The van der Waals surface area contributed by atoms with Gasteiger partial charge in [0, 0.05) is 17.8 Å². The maximum Gasteiger partial charge on any atom is 0.319 e. The first-order valence-corrected chi connectivity index (χ1v) is 7.20. The molecule has 0 saturated carbocycles. The first kappa shape index (κ1) is 14.8. The molecule has 0 aromatic carbocycles. The molecule has 2 aromatic heterocycles. The molecule has 5 nitrogen and oxygen atoms in total. The molecule has 20 heavy (non-hydrogen) atoms. The number of nitrogens with zero attached hydrogens (tertiary/aromatic N) is 3. The van der Waals surface area contributed by atoms with Crippen molar-refractivity contribution >= 4 is 23.2 Å². The predicted octanol–water partition coefficient (Wildman–Crippen LogP) is 2.98. The Hall–Kier alpha value is -1.56. The zero-order chi connectivity index (χ0) is 15.1. The number of carboxylic acids is 1. The van der Waals surface area contributed by atoms with Crippen molar-refractivity contribution in [3.63, 3.8) is 0 Å². The summed E-state index contributed by atoms with van der Waals surface area (Å²) < 4.78 is 0.828. The summed E-state index contributed by atoms with van der Waals surface area (Å²) in [7, 11) is 0. The third-order valence-corrected chi connectivity index (χ3v) is 4.18. The number of thioether (sulfide) groups is 1. The van der Waals surface area contributed by atoms with Crippen LogP contribution in [0.25, 0.3) is 5.52 Å². The summed E-state index contributed by atoms with van der Waals surface area (Å²) in [4.78, 5) is 15.6. The molecule has 0 radical (unpaired) electrons. The Labute approximate surface area is 122 Å². The Morgan fingerprint density at radius 2 is 1.95 bits per heavy atom. The summed E-state index contributed by atoms with van der Waals surface area (Å²) in [6, 6.07) is 1.98. The first-order valence-electron chi connectivity index (χ1n) is 6.38. The average Bonchev–Trinajstić information content (AvgIpc) is 2.73. The van der Waals surface area contributed by atoms with Gasteiger partial charge in [0.2, 0.25) is 0 Å². The minimum atomic E-state index is -0.930. The van der Waals surface area contributed by atoms with E-state index >= 15 is 0 Å². The van der Waals surface area contributed by atoms with Crippen molar-refractivity contribution in [2.24, 2.45) is 0 Å². The number of carbonyl (C=O) groups is 1. The highest BCUT2D eigenvalue weighted by atomic mass is 32.2. The fourth-order valence-electron chi connectivity index (χ4n) is 1.63. The molecule has 1 N–H and O–H groups in total. The van der Waals surface area contributed by atoms with E-state index in [1.165, 1.54) is 11.8 Å². The minimum Gasteiger partial charge on any atom is -0.480 e. The molecule has 0 saturated heterocycles. The van der Waals surface area contributed by atoms with E-state index in [1.807, 2.05) is 6.07 Å². The first-order chi connectivity index (χ1) is 9.11. The number of carboxylic acid groups (broad SMARTS) is 1. The van der Waals surface area contributed by atoms with Crippen molar-refractivity contribution in [3.05, 3.63) is 24.2 Å². The van der Waals surface area contributed by atoms with Gasteiger partial charge in [0.1, 0.15) is 9.77 Å². The van der Waals surface area contributed by atoms with Crippen LogP contribution in [0.15, 0.2) is 23.5 Å². The molecule has 2 heterocycles. The third kappa shape index (κ3) is 2.80. The van der Waals surface area contributed by atoms with Gasteiger partial charge in [0.15, 0.2) is 0 Å². The summed E-state index contributed by atoms with van der Waals surface area (Å²) >= 11 is 1.24. The van der Waals surface area contributed by atoms with Gasteiger partial charge in [0.05, 0.1) is 11.2 Å². The van der Waals surface area contributed by atoms with Crippen molar-refractivity contribution in [2.75, 3.05) is 0 Å². The van der Waals surface area contributed by atoms with Crippen LogP contribution in [0.4, 0.5) is 0 Å². The Balaban J connectivity index is 2.50. The molecule has 0 amide bonds. The maximum absolute atomic E-state index is 11.3. The topological polar surface area (TPSA) is 67.5 Å². The molecule has 0 aliphatic carbocycles. The van der Waals surface area contributed by atoms with Gasteiger partial charge in [-0.15, -0.1) is 0 Å². The maximum atomic E-state index is 11.3. The van der Waals surface area contributed by atoms with E-state index in [4.69, 9.17) is 0 Å². The van der Waals surface area contributed by atoms with Gasteiger partial charge in [-0.1, -0.05) is 32.5 Å². The molecule has 0 unspecified atom stereocenters. The fraction of sp³-hybridized carbons (Fsp3) is 0.500.